The summed E-state index contributed by atoms with van der Waals surface area (Å²) in [5, 5.41) is 11.9. The molecule has 1 saturated heterocycles. The van der Waals surface area contributed by atoms with Gasteiger partial charge in [-0.1, -0.05) is 13.8 Å². The number of amides is 2. The number of nitrogens with zero attached hydrogens (tertiary/aromatic N) is 1. The van der Waals surface area contributed by atoms with Crippen LogP contribution in [0.2, 0.25) is 0 Å². The van der Waals surface area contributed by atoms with Gasteiger partial charge in [-0.05, 0) is 24.7 Å². The number of hydrogen-bond donors (Lipinski definition) is 2. The van der Waals surface area contributed by atoms with Crippen molar-refractivity contribution < 1.29 is 19.4 Å². The molecule has 1 aliphatic carbocycles. The minimum absolute atomic E-state index is 0.122. The molecular formula is C13H22N2O4. The standard InChI is InChI=1S/C13H22N2O4/c1-13(2)4-3-9(7-13)14-12(18)15-5-6-19-10(8-15)11(16)17/h9-10H,3-8H2,1-2H3,(H,14,18)(H,16,17). The zero-order valence-electron chi connectivity index (χ0n) is 11.5. The van der Waals surface area contributed by atoms with Gasteiger partial charge in [0.25, 0.3) is 0 Å². The number of morpholine rings is 1. The highest BCUT2D eigenvalue weighted by molar-refractivity contribution is 5.77. The SMILES string of the molecule is CC1(C)CCC(NC(=O)N2CCOC(C(=O)O)C2)C1. The van der Waals surface area contributed by atoms with Crippen LogP contribution in [-0.4, -0.2) is 53.8 Å². The van der Waals surface area contributed by atoms with Gasteiger partial charge in [0, 0.05) is 12.6 Å². The molecule has 0 bridgehead atoms. The summed E-state index contributed by atoms with van der Waals surface area (Å²) in [5.74, 6) is -1.01. The first-order chi connectivity index (χ1) is 8.87. The van der Waals surface area contributed by atoms with E-state index in [1.165, 1.54) is 4.90 Å². The van der Waals surface area contributed by atoms with Crippen LogP contribution in [0.3, 0.4) is 0 Å². The van der Waals surface area contributed by atoms with Crippen LogP contribution in [0.5, 0.6) is 0 Å². The number of carboxylic acid groups (broad SMARTS) is 1. The third-order valence-electron chi connectivity index (χ3n) is 3.93. The maximum absolute atomic E-state index is 12.1. The molecule has 2 aliphatic rings. The van der Waals surface area contributed by atoms with Crippen LogP contribution in [0.1, 0.15) is 33.1 Å². The fraction of sp³-hybridized carbons (Fsp3) is 0.846. The van der Waals surface area contributed by atoms with E-state index in [0.717, 1.165) is 19.3 Å². The number of carbonyl (C=O) groups excluding carboxylic acids is 1. The van der Waals surface area contributed by atoms with Crippen molar-refractivity contribution in [2.45, 2.75) is 45.3 Å². The summed E-state index contributed by atoms with van der Waals surface area (Å²) >= 11 is 0. The van der Waals surface area contributed by atoms with Crippen molar-refractivity contribution in [3.8, 4) is 0 Å². The highest BCUT2D eigenvalue weighted by Gasteiger charge is 2.34. The molecule has 2 N–H and O–H groups in total. The van der Waals surface area contributed by atoms with Crippen LogP contribution in [0, 0.1) is 5.41 Å². The van der Waals surface area contributed by atoms with Crippen LogP contribution in [0.15, 0.2) is 0 Å². The Bertz CT molecular complexity index is 370. The van der Waals surface area contributed by atoms with E-state index in [4.69, 9.17) is 9.84 Å². The molecule has 1 saturated carbocycles. The van der Waals surface area contributed by atoms with E-state index in [-0.39, 0.29) is 30.6 Å². The molecular weight excluding hydrogens is 248 g/mol. The second-order valence-corrected chi connectivity index (χ2v) is 6.20. The molecule has 1 aliphatic heterocycles. The Morgan fingerprint density at radius 2 is 2.16 bits per heavy atom. The number of carboxylic acids is 1. The molecule has 6 nitrogen and oxygen atoms in total. The summed E-state index contributed by atoms with van der Waals surface area (Å²) in [7, 11) is 0. The molecule has 0 spiro atoms. The summed E-state index contributed by atoms with van der Waals surface area (Å²) in [6.45, 7) is 5.26. The average Bonchev–Trinajstić information content (AvgIpc) is 2.68. The van der Waals surface area contributed by atoms with Gasteiger partial charge in [-0.15, -0.1) is 0 Å². The van der Waals surface area contributed by atoms with Crippen molar-refractivity contribution in [2.24, 2.45) is 5.41 Å². The van der Waals surface area contributed by atoms with Crippen LogP contribution >= 0.6 is 0 Å². The lowest BCUT2D eigenvalue weighted by Gasteiger charge is -2.32. The highest BCUT2D eigenvalue weighted by atomic mass is 16.5. The van der Waals surface area contributed by atoms with Gasteiger partial charge in [0.15, 0.2) is 6.10 Å². The van der Waals surface area contributed by atoms with Gasteiger partial charge >= 0.3 is 12.0 Å². The number of nitrogens with one attached hydrogen (secondary N) is 1. The topological polar surface area (TPSA) is 78.9 Å². The molecule has 0 aromatic carbocycles. The van der Waals surface area contributed by atoms with E-state index in [1.54, 1.807) is 0 Å². The van der Waals surface area contributed by atoms with E-state index in [2.05, 4.69) is 19.2 Å². The minimum Gasteiger partial charge on any atom is -0.479 e. The van der Waals surface area contributed by atoms with E-state index in [1.807, 2.05) is 0 Å². The Kier molecular flexibility index (Phi) is 3.99. The van der Waals surface area contributed by atoms with Gasteiger partial charge in [-0.25, -0.2) is 9.59 Å². The number of rotatable bonds is 2. The maximum Gasteiger partial charge on any atom is 0.334 e. The number of hydrogen-bond acceptors (Lipinski definition) is 3. The summed E-state index contributed by atoms with van der Waals surface area (Å²) in [6.07, 6.45) is 2.18. The molecule has 108 valence electrons. The fourth-order valence-corrected chi connectivity index (χ4v) is 2.81. The third-order valence-corrected chi connectivity index (χ3v) is 3.93. The van der Waals surface area contributed by atoms with Gasteiger partial charge < -0.3 is 20.1 Å². The Morgan fingerprint density at radius 3 is 2.74 bits per heavy atom. The Morgan fingerprint density at radius 1 is 1.42 bits per heavy atom. The first-order valence-electron chi connectivity index (χ1n) is 6.77. The van der Waals surface area contributed by atoms with Crippen LogP contribution in [-0.2, 0) is 9.53 Å². The van der Waals surface area contributed by atoms with Gasteiger partial charge in [0.1, 0.15) is 0 Å². The molecule has 2 unspecified atom stereocenters. The number of ether oxygens (including phenoxy) is 1. The van der Waals surface area contributed by atoms with E-state index in [9.17, 15) is 9.59 Å². The minimum atomic E-state index is -1.01. The Labute approximate surface area is 113 Å². The predicted molar refractivity (Wildman–Crippen MR) is 68.9 cm³/mol. The molecule has 1 heterocycles. The summed E-state index contributed by atoms with van der Waals surface area (Å²) < 4.78 is 5.10. The second-order valence-electron chi connectivity index (χ2n) is 6.20. The lowest BCUT2D eigenvalue weighted by molar-refractivity contribution is -0.154. The summed E-state index contributed by atoms with van der Waals surface area (Å²) in [5.41, 5.74) is 0.284. The zero-order chi connectivity index (χ0) is 14.0. The number of aliphatic carboxylic acids is 1. The van der Waals surface area contributed by atoms with Crippen molar-refractivity contribution in [3.05, 3.63) is 0 Å². The van der Waals surface area contributed by atoms with Crippen molar-refractivity contribution in [1.29, 1.82) is 0 Å². The average molecular weight is 270 g/mol. The molecule has 0 radical (unpaired) electrons. The summed E-state index contributed by atoms with van der Waals surface area (Å²) in [4.78, 5) is 24.5. The molecule has 2 rings (SSSR count). The van der Waals surface area contributed by atoms with Gasteiger partial charge in [0.2, 0.25) is 0 Å². The van der Waals surface area contributed by atoms with Crippen molar-refractivity contribution in [1.82, 2.24) is 10.2 Å². The number of urea groups is 1. The van der Waals surface area contributed by atoms with Gasteiger partial charge in [0.05, 0.1) is 13.2 Å². The third kappa shape index (κ3) is 3.59. The molecule has 2 fully saturated rings. The molecule has 0 aromatic heterocycles. The van der Waals surface area contributed by atoms with Crippen LogP contribution < -0.4 is 5.32 Å². The predicted octanol–water partition coefficient (Wildman–Crippen LogP) is 1.06. The van der Waals surface area contributed by atoms with Gasteiger partial charge in [-0.3, -0.25) is 0 Å². The quantitative estimate of drug-likeness (QED) is 0.786. The summed E-state index contributed by atoms with van der Waals surface area (Å²) in [6, 6.07) is 0.0332. The largest absolute Gasteiger partial charge is 0.479 e. The molecule has 2 atom stereocenters. The number of carbonyl (C=O) groups is 2. The zero-order valence-corrected chi connectivity index (χ0v) is 11.5. The highest BCUT2D eigenvalue weighted by Crippen LogP contribution is 2.36. The van der Waals surface area contributed by atoms with Gasteiger partial charge in [-0.2, -0.15) is 0 Å². The molecule has 19 heavy (non-hydrogen) atoms. The normalized spacial score (nSPS) is 30.1. The maximum atomic E-state index is 12.1. The smallest absolute Gasteiger partial charge is 0.334 e. The van der Waals surface area contributed by atoms with Crippen LogP contribution in [0.4, 0.5) is 4.79 Å². The first-order valence-corrected chi connectivity index (χ1v) is 6.77. The van der Waals surface area contributed by atoms with E-state index >= 15 is 0 Å². The van der Waals surface area contributed by atoms with Crippen molar-refractivity contribution >= 4 is 12.0 Å². The molecule has 6 heteroatoms. The lowest BCUT2D eigenvalue weighted by Crippen LogP contribution is -2.53. The van der Waals surface area contributed by atoms with Crippen molar-refractivity contribution in [2.75, 3.05) is 19.7 Å². The monoisotopic (exact) mass is 270 g/mol. The van der Waals surface area contributed by atoms with Crippen LogP contribution in [0.25, 0.3) is 0 Å². The molecule has 0 aromatic rings. The Balaban J connectivity index is 1.85. The lowest BCUT2D eigenvalue weighted by atomic mass is 9.92. The van der Waals surface area contributed by atoms with E-state index < -0.39 is 12.1 Å². The first kappa shape index (κ1) is 14.1. The van der Waals surface area contributed by atoms with Crippen molar-refractivity contribution in [3.63, 3.8) is 0 Å². The molecule has 2 amide bonds. The second kappa shape index (κ2) is 5.36. The van der Waals surface area contributed by atoms with E-state index in [0.29, 0.717) is 6.54 Å². The Hall–Kier alpha value is -1.30. The fourth-order valence-electron chi connectivity index (χ4n) is 2.81.